The number of rotatable bonds is 6. The maximum absolute atomic E-state index is 12.7. The lowest BCUT2D eigenvalue weighted by molar-refractivity contribution is 0.0686. The monoisotopic (exact) mass is 432 g/mol. The molecule has 2 amide bonds. The van der Waals surface area contributed by atoms with E-state index in [0.29, 0.717) is 22.5 Å². The Hall–Kier alpha value is -4.46. The highest BCUT2D eigenvalue weighted by Crippen LogP contribution is 2.20. The van der Waals surface area contributed by atoms with Gasteiger partial charge >= 0.3 is 11.9 Å². The van der Waals surface area contributed by atoms with Crippen LogP contribution in [0.25, 0.3) is 0 Å². The summed E-state index contributed by atoms with van der Waals surface area (Å²) >= 11 is 0. The highest BCUT2D eigenvalue weighted by atomic mass is 16.4. The lowest BCUT2D eigenvalue weighted by atomic mass is 10.1. The fourth-order valence-corrected chi connectivity index (χ4v) is 2.97. The molecule has 0 saturated heterocycles. The fraction of sp³-hybridized carbons (Fsp3) is 0.0833. The van der Waals surface area contributed by atoms with Crippen LogP contribution in [0.1, 0.15) is 52.6 Å². The minimum absolute atomic E-state index is 0.0398. The molecule has 0 saturated carbocycles. The van der Waals surface area contributed by atoms with Crippen LogP contribution in [0, 0.1) is 13.8 Å². The van der Waals surface area contributed by atoms with Crippen LogP contribution in [0.2, 0.25) is 0 Å². The highest BCUT2D eigenvalue weighted by Gasteiger charge is 2.15. The number of aromatic carboxylic acids is 2. The number of hydrogen-bond donors (Lipinski definition) is 4. The van der Waals surface area contributed by atoms with E-state index in [2.05, 4.69) is 10.6 Å². The summed E-state index contributed by atoms with van der Waals surface area (Å²) in [5.41, 5.74) is 2.56. The van der Waals surface area contributed by atoms with Gasteiger partial charge in [-0.1, -0.05) is 18.2 Å². The van der Waals surface area contributed by atoms with Crippen molar-refractivity contribution in [2.75, 3.05) is 10.6 Å². The Bertz CT molecular complexity index is 1160. The third-order valence-corrected chi connectivity index (χ3v) is 4.85. The molecule has 3 rings (SSSR count). The van der Waals surface area contributed by atoms with Gasteiger partial charge < -0.3 is 20.8 Å². The topological polar surface area (TPSA) is 133 Å². The van der Waals surface area contributed by atoms with Gasteiger partial charge in [-0.25, -0.2) is 9.59 Å². The molecule has 0 fully saturated rings. The van der Waals surface area contributed by atoms with Gasteiger partial charge in [0.05, 0.1) is 11.1 Å². The van der Waals surface area contributed by atoms with Crippen molar-refractivity contribution in [1.82, 2.24) is 0 Å². The van der Waals surface area contributed by atoms with E-state index in [-0.39, 0.29) is 22.3 Å². The lowest BCUT2D eigenvalue weighted by Crippen LogP contribution is -2.17. The van der Waals surface area contributed by atoms with Gasteiger partial charge in [0.15, 0.2) is 0 Å². The van der Waals surface area contributed by atoms with Crippen LogP contribution in [0.15, 0.2) is 60.7 Å². The first-order valence-corrected chi connectivity index (χ1v) is 9.56. The Balaban J connectivity index is 1.81. The molecule has 162 valence electrons. The minimum atomic E-state index is -1.11. The summed E-state index contributed by atoms with van der Waals surface area (Å²) in [5, 5.41) is 23.6. The van der Waals surface area contributed by atoms with Crippen molar-refractivity contribution in [1.29, 1.82) is 0 Å². The molecule has 0 atom stereocenters. The summed E-state index contributed by atoms with van der Waals surface area (Å²) in [6, 6.07) is 14.8. The Morgan fingerprint density at radius 2 is 1.00 bits per heavy atom. The van der Waals surface area contributed by atoms with E-state index in [1.807, 2.05) is 0 Å². The zero-order valence-electron chi connectivity index (χ0n) is 17.3. The number of carboxylic acids is 2. The number of benzene rings is 3. The van der Waals surface area contributed by atoms with Crippen molar-refractivity contribution in [2.45, 2.75) is 13.8 Å². The molecule has 8 nitrogen and oxygen atoms in total. The van der Waals surface area contributed by atoms with E-state index in [1.165, 1.54) is 42.5 Å². The van der Waals surface area contributed by atoms with E-state index in [1.54, 1.807) is 32.0 Å². The normalized spacial score (nSPS) is 10.3. The molecule has 0 aliphatic heterocycles. The number of nitrogens with one attached hydrogen (secondary N) is 2. The molecule has 0 aromatic heterocycles. The summed E-state index contributed by atoms with van der Waals surface area (Å²) in [4.78, 5) is 47.8. The molecule has 32 heavy (non-hydrogen) atoms. The molecule has 3 aromatic carbocycles. The fourth-order valence-electron chi connectivity index (χ4n) is 2.97. The zero-order valence-corrected chi connectivity index (χ0v) is 17.3. The maximum atomic E-state index is 12.7. The van der Waals surface area contributed by atoms with E-state index in [0.717, 1.165) is 0 Å². The first-order chi connectivity index (χ1) is 15.2. The molecule has 0 bridgehead atoms. The van der Waals surface area contributed by atoms with Gasteiger partial charge in [0.25, 0.3) is 11.8 Å². The third-order valence-electron chi connectivity index (χ3n) is 4.85. The maximum Gasteiger partial charge on any atom is 0.335 e. The largest absolute Gasteiger partial charge is 0.478 e. The minimum Gasteiger partial charge on any atom is -0.478 e. The second-order valence-electron chi connectivity index (χ2n) is 7.16. The van der Waals surface area contributed by atoms with Crippen LogP contribution in [-0.4, -0.2) is 34.0 Å². The zero-order chi connectivity index (χ0) is 23.4. The molecule has 4 N–H and O–H groups in total. The molecule has 3 aromatic rings. The van der Waals surface area contributed by atoms with Crippen LogP contribution in [0.3, 0.4) is 0 Å². The number of anilines is 2. The van der Waals surface area contributed by atoms with Crippen LogP contribution < -0.4 is 10.6 Å². The Labute approximate surface area is 183 Å². The van der Waals surface area contributed by atoms with E-state index < -0.39 is 23.8 Å². The Morgan fingerprint density at radius 1 is 0.594 bits per heavy atom. The number of aryl methyl sites for hydroxylation is 2. The second kappa shape index (κ2) is 9.13. The predicted molar refractivity (Wildman–Crippen MR) is 119 cm³/mol. The Kier molecular flexibility index (Phi) is 6.34. The van der Waals surface area contributed by atoms with E-state index in [4.69, 9.17) is 10.2 Å². The van der Waals surface area contributed by atoms with Crippen molar-refractivity contribution < 1.29 is 29.4 Å². The van der Waals surface area contributed by atoms with Crippen molar-refractivity contribution in [3.05, 3.63) is 94.0 Å². The molecule has 8 heteroatoms. The quantitative estimate of drug-likeness (QED) is 0.461. The average Bonchev–Trinajstić information content (AvgIpc) is 2.76. The van der Waals surface area contributed by atoms with Crippen molar-refractivity contribution >= 4 is 35.1 Å². The highest BCUT2D eigenvalue weighted by molar-refractivity contribution is 6.09. The van der Waals surface area contributed by atoms with Gasteiger partial charge in [-0.05, 0) is 67.4 Å². The first-order valence-electron chi connectivity index (χ1n) is 9.56. The van der Waals surface area contributed by atoms with Gasteiger partial charge in [-0.2, -0.15) is 0 Å². The number of amides is 2. The summed E-state index contributed by atoms with van der Waals surface area (Å²) in [6.07, 6.45) is 0. The molecule has 0 aliphatic rings. The summed E-state index contributed by atoms with van der Waals surface area (Å²) in [6.45, 7) is 3.47. The third kappa shape index (κ3) is 4.99. The van der Waals surface area contributed by atoms with Gasteiger partial charge in [0, 0.05) is 22.5 Å². The van der Waals surface area contributed by atoms with Crippen LogP contribution >= 0.6 is 0 Å². The van der Waals surface area contributed by atoms with Crippen LogP contribution in [0.4, 0.5) is 11.4 Å². The van der Waals surface area contributed by atoms with Crippen molar-refractivity contribution in [3.63, 3.8) is 0 Å². The summed E-state index contributed by atoms with van der Waals surface area (Å²) < 4.78 is 0. The second-order valence-corrected chi connectivity index (χ2v) is 7.16. The Morgan fingerprint density at radius 3 is 1.38 bits per heavy atom. The lowest BCUT2D eigenvalue weighted by Gasteiger charge is -2.12. The van der Waals surface area contributed by atoms with Gasteiger partial charge in [-0.3, -0.25) is 9.59 Å². The van der Waals surface area contributed by atoms with Crippen LogP contribution in [0.5, 0.6) is 0 Å². The predicted octanol–water partition coefficient (Wildman–Crippen LogP) is 4.20. The van der Waals surface area contributed by atoms with Crippen LogP contribution in [-0.2, 0) is 0 Å². The average molecular weight is 432 g/mol. The summed E-state index contributed by atoms with van der Waals surface area (Å²) in [5.74, 6) is -3.23. The summed E-state index contributed by atoms with van der Waals surface area (Å²) in [7, 11) is 0. The first kappa shape index (κ1) is 22.2. The van der Waals surface area contributed by atoms with E-state index in [9.17, 15) is 19.2 Å². The smallest absolute Gasteiger partial charge is 0.335 e. The van der Waals surface area contributed by atoms with E-state index >= 15 is 0 Å². The SMILES string of the molecule is Cc1ccc(C(=O)O)cc1NC(=O)c1cccc(C(=O)Nc2cc(C(=O)O)ccc2C)c1. The van der Waals surface area contributed by atoms with Gasteiger partial charge in [0.1, 0.15) is 0 Å². The number of carbonyl (C=O) groups excluding carboxylic acids is 2. The number of hydrogen-bond acceptors (Lipinski definition) is 4. The standard InChI is InChI=1S/C24H20N2O6/c1-13-6-8-17(23(29)30)11-19(13)25-21(27)15-4-3-5-16(10-15)22(28)26-20-12-18(24(31)32)9-7-14(20)2/h3-12H,1-2H3,(H,25,27)(H,26,28)(H,29,30)(H,31,32). The molecule has 0 unspecified atom stereocenters. The van der Waals surface area contributed by atoms with Gasteiger partial charge in [0.2, 0.25) is 0 Å². The molecule has 0 aliphatic carbocycles. The molecular formula is C24H20N2O6. The molecule has 0 radical (unpaired) electrons. The molecule has 0 heterocycles. The molecular weight excluding hydrogens is 412 g/mol. The van der Waals surface area contributed by atoms with Crippen molar-refractivity contribution in [2.24, 2.45) is 0 Å². The van der Waals surface area contributed by atoms with Crippen molar-refractivity contribution in [3.8, 4) is 0 Å². The number of carboxylic acid groups (broad SMARTS) is 2. The number of carbonyl (C=O) groups is 4. The van der Waals surface area contributed by atoms with Gasteiger partial charge in [-0.15, -0.1) is 0 Å². The molecule has 0 spiro atoms.